The summed E-state index contributed by atoms with van der Waals surface area (Å²) in [4.78, 5) is 22.5. The van der Waals surface area contributed by atoms with Crippen LogP contribution in [0.3, 0.4) is 0 Å². The summed E-state index contributed by atoms with van der Waals surface area (Å²) < 4.78 is 0. The fourth-order valence-corrected chi connectivity index (χ4v) is 3.90. The number of fused-ring (bicyclic) bond motifs is 4. The highest BCUT2D eigenvalue weighted by molar-refractivity contribution is 5.10. The van der Waals surface area contributed by atoms with Gasteiger partial charge in [0.2, 0.25) is 5.79 Å². The summed E-state index contributed by atoms with van der Waals surface area (Å²) >= 11 is 0. The van der Waals surface area contributed by atoms with E-state index in [2.05, 4.69) is 41.5 Å². The van der Waals surface area contributed by atoms with Gasteiger partial charge >= 0.3 is 0 Å². The van der Waals surface area contributed by atoms with Crippen LogP contribution in [0.2, 0.25) is 0 Å². The van der Waals surface area contributed by atoms with E-state index in [1.54, 1.807) is 0 Å². The maximum atomic E-state index is 5.92. The van der Waals surface area contributed by atoms with Gasteiger partial charge in [0, 0.05) is 17.3 Å². The third kappa shape index (κ3) is 1.54. The zero-order valence-electron chi connectivity index (χ0n) is 12.9. The van der Waals surface area contributed by atoms with Gasteiger partial charge in [0.25, 0.3) is 0 Å². The molecular formula is C15H26O4. The second kappa shape index (κ2) is 3.73. The Labute approximate surface area is 115 Å². The van der Waals surface area contributed by atoms with Crippen LogP contribution in [0.1, 0.15) is 60.8 Å². The lowest BCUT2D eigenvalue weighted by Gasteiger charge is -2.56. The summed E-state index contributed by atoms with van der Waals surface area (Å²) in [6.07, 6.45) is 2.96. The molecule has 4 fully saturated rings. The summed E-state index contributed by atoms with van der Waals surface area (Å²) in [5.41, 5.74) is -0.656. The van der Waals surface area contributed by atoms with Gasteiger partial charge in [-0.2, -0.15) is 9.78 Å². The Balaban J connectivity index is 2.10. The van der Waals surface area contributed by atoms with Crippen LogP contribution >= 0.6 is 0 Å². The Kier molecular flexibility index (Phi) is 2.71. The maximum absolute atomic E-state index is 5.92. The van der Waals surface area contributed by atoms with Crippen LogP contribution in [0.25, 0.3) is 0 Å². The van der Waals surface area contributed by atoms with Gasteiger partial charge in [-0.25, -0.2) is 9.78 Å². The average molecular weight is 270 g/mol. The average Bonchev–Trinajstić information content (AvgIpc) is 3.10. The summed E-state index contributed by atoms with van der Waals surface area (Å²) in [5, 5.41) is 0. The minimum absolute atomic E-state index is 0.148. The normalized spacial score (nSPS) is 46.4. The van der Waals surface area contributed by atoms with E-state index in [1.807, 2.05) is 0 Å². The third-order valence-electron chi connectivity index (χ3n) is 6.75. The lowest BCUT2D eigenvalue weighted by Crippen LogP contribution is -2.61. The van der Waals surface area contributed by atoms with Crippen LogP contribution in [0, 0.1) is 16.7 Å². The molecule has 0 radical (unpaired) electrons. The van der Waals surface area contributed by atoms with Crippen molar-refractivity contribution in [2.24, 2.45) is 16.7 Å². The standard InChI is InChI=1S/C15H26O4/c1-10-9-11-7-8-15(18-19-15)13(4,5)12(2,3)14(10,6)17-16-11/h10-11H,7-9H2,1-6H3. The van der Waals surface area contributed by atoms with Crippen LogP contribution < -0.4 is 0 Å². The summed E-state index contributed by atoms with van der Waals surface area (Å²) in [7, 11) is 0. The lowest BCUT2D eigenvalue weighted by atomic mass is 9.53. The first-order chi connectivity index (χ1) is 8.66. The highest BCUT2D eigenvalue weighted by Crippen LogP contribution is 2.65. The maximum Gasteiger partial charge on any atom is 0.239 e. The van der Waals surface area contributed by atoms with Crippen molar-refractivity contribution >= 4 is 0 Å². The van der Waals surface area contributed by atoms with E-state index in [1.165, 1.54) is 0 Å². The van der Waals surface area contributed by atoms with Gasteiger partial charge in [0.15, 0.2) is 0 Å². The molecule has 110 valence electrons. The van der Waals surface area contributed by atoms with Gasteiger partial charge in [0.1, 0.15) is 5.60 Å². The van der Waals surface area contributed by atoms with Crippen molar-refractivity contribution in [1.82, 2.24) is 0 Å². The molecule has 3 heterocycles. The van der Waals surface area contributed by atoms with Crippen molar-refractivity contribution in [3.63, 3.8) is 0 Å². The van der Waals surface area contributed by atoms with Crippen molar-refractivity contribution in [3.05, 3.63) is 0 Å². The number of hydrogen-bond acceptors (Lipinski definition) is 4. The topological polar surface area (TPSA) is 43.5 Å². The fourth-order valence-electron chi connectivity index (χ4n) is 3.90. The summed E-state index contributed by atoms with van der Waals surface area (Å²) in [5.74, 6) is -0.0358. The van der Waals surface area contributed by atoms with E-state index in [0.717, 1.165) is 19.3 Å². The molecule has 0 aromatic heterocycles. The SMILES string of the molecule is CC1CC2CCC3(OO3)C(C)(C)C(C)(C)C1(C)OO2. The molecule has 0 aromatic rings. The first-order valence-electron chi connectivity index (χ1n) is 7.38. The lowest BCUT2D eigenvalue weighted by molar-refractivity contribution is -0.443. The Morgan fingerprint density at radius 1 is 0.895 bits per heavy atom. The van der Waals surface area contributed by atoms with Gasteiger partial charge in [-0.1, -0.05) is 34.6 Å². The van der Waals surface area contributed by atoms with Gasteiger partial charge in [-0.15, -0.1) is 0 Å². The molecule has 2 bridgehead atoms. The van der Waals surface area contributed by atoms with Crippen LogP contribution in [0.5, 0.6) is 0 Å². The van der Waals surface area contributed by atoms with Gasteiger partial charge in [-0.3, -0.25) is 0 Å². The Morgan fingerprint density at radius 3 is 2.05 bits per heavy atom. The van der Waals surface area contributed by atoms with E-state index in [9.17, 15) is 0 Å². The van der Waals surface area contributed by atoms with E-state index in [0.29, 0.717) is 5.92 Å². The largest absolute Gasteiger partial charge is 0.239 e. The summed E-state index contributed by atoms with van der Waals surface area (Å²) in [6, 6.07) is 0. The predicted octanol–water partition coefficient (Wildman–Crippen LogP) is 3.61. The van der Waals surface area contributed by atoms with Gasteiger partial charge in [-0.05, 0) is 25.7 Å². The van der Waals surface area contributed by atoms with Crippen molar-refractivity contribution in [2.75, 3.05) is 0 Å². The molecule has 4 rings (SSSR count). The van der Waals surface area contributed by atoms with E-state index < -0.39 is 5.79 Å². The van der Waals surface area contributed by atoms with Crippen molar-refractivity contribution < 1.29 is 19.6 Å². The highest BCUT2D eigenvalue weighted by Gasteiger charge is 2.71. The van der Waals surface area contributed by atoms with Crippen LogP contribution in [-0.4, -0.2) is 17.5 Å². The molecule has 4 nitrogen and oxygen atoms in total. The zero-order valence-corrected chi connectivity index (χ0v) is 12.9. The molecule has 3 atom stereocenters. The van der Waals surface area contributed by atoms with Crippen molar-refractivity contribution in [2.45, 2.75) is 78.3 Å². The molecular weight excluding hydrogens is 244 g/mol. The van der Waals surface area contributed by atoms with Gasteiger partial charge < -0.3 is 0 Å². The Hall–Kier alpha value is -0.160. The predicted molar refractivity (Wildman–Crippen MR) is 69.8 cm³/mol. The second-order valence-electron chi connectivity index (χ2n) is 7.75. The quantitative estimate of drug-likeness (QED) is 0.498. The minimum Gasteiger partial charge on any atom is -0.233 e. The molecule has 3 unspecified atom stereocenters. The molecule has 3 saturated heterocycles. The van der Waals surface area contributed by atoms with Gasteiger partial charge in [0.05, 0.1) is 6.10 Å². The second-order valence-corrected chi connectivity index (χ2v) is 7.75. The monoisotopic (exact) mass is 270 g/mol. The molecule has 1 aliphatic carbocycles. The molecule has 4 heteroatoms. The third-order valence-corrected chi connectivity index (χ3v) is 6.75. The highest BCUT2D eigenvalue weighted by atomic mass is 17.4. The van der Waals surface area contributed by atoms with E-state index in [-0.39, 0.29) is 22.5 Å². The van der Waals surface area contributed by atoms with Crippen molar-refractivity contribution in [1.29, 1.82) is 0 Å². The molecule has 0 aromatic carbocycles. The molecule has 4 aliphatic rings. The number of hydrogen-bond donors (Lipinski definition) is 0. The van der Waals surface area contributed by atoms with Crippen LogP contribution in [0.15, 0.2) is 0 Å². The van der Waals surface area contributed by atoms with E-state index in [4.69, 9.17) is 19.6 Å². The Bertz CT molecular complexity index is 379. The first kappa shape index (κ1) is 13.8. The van der Waals surface area contributed by atoms with E-state index >= 15 is 0 Å². The van der Waals surface area contributed by atoms with Crippen LogP contribution in [0.4, 0.5) is 0 Å². The molecule has 1 spiro atoms. The molecule has 19 heavy (non-hydrogen) atoms. The van der Waals surface area contributed by atoms with Crippen molar-refractivity contribution in [3.8, 4) is 0 Å². The number of rotatable bonds is 0. The smallest absolute Gasteiger partial charge is 0.233 e. The molecule has 3 aliphatic heterocycles. The zero-order chi connectivity index (χ0) is 14.1. The molecule has 0 N–H and O–H groups in total. The summed E-state index contributed by atoms with van der Waals surface area (Å²) in [6.45, 7) is 13.4. The first-order valence-corrected chi connectivity index (χ1v) is 7.38. The molecule has 0 amide bonds. The van der Waals surface area contributed by atoms with Crippen LogP contribution in [-0.2, 0) is 19.6 Å². The molecule has 1 saturated carbocycles. The fraction of sp³-hybridized carbons (Fsp3) is 1.00. The Morgan fingerprint density at radius 2 is 1.53 bits per heavy atom. The minimum atomic E-state index is -0.475.